The summed E-state index contributed by atoms with van der Waals surface area (Å²) in [5.41, 5.74) is 2.20. The van der Waals surface area contributed by atoms with Crippen molar-refractivity contribution < 1.29 is 19.8 Å². The molecular formula is C30H37N3O5S. The minimum atomic E-state index is -1.07. The van der Waals surface area contributed by atoms with Gasteiger partial charge in [-0.25, -0.2) is 4.79 Å². The third kappa shape index (κ3) is 6.89. The number of aromatic amines is 1. The highest BCUT2D eigenvalue weighted by molar-refractivity contribution is 7.16. The highest BCUT2D eigenvalue weighted by Crippen LogP contribution is 2.35. The number of nitrogens with zero attached hydrogens (tertiary/aromatic N) is 2. The average molecular weight is 552 g/mol. The minimum absolute atomic E-state index is 0.0176. The van der Waals surface area contributed by atoms with Crippen molar-refractivity contribution in [2.24, 2.45) is 0 Å². The van der Waals surface area contributed by atoms with Crippen LogP contribution in [0.1, 0.15) is 62.5 Å². The van der Waals surface area contributed by atoms with Gasteiger partial charge < -0.3 is 25.0 Å². The number of nitrogens with one attached hydrogen (secondary N) is 1. The van der Waals surface area contributed by atoms with Crippen LogP contribution in [0.3, 0.4) is 0 Å². The van der Waals surface area contributed by atoms with E-state index in [1.807, 2.05) is 42.2 Å². The van der Waals surface area contributed by atoms with Gasteiger partial charge in [-0.15, -0.1) is 0 Å². The van der Waals surface area contributed by atoms with Crippen LogP contribution in [0, 0.1) is 0 Å². The highest BCUT2D eigenvalue weighted by atomic mass is 32.1. The topological polar surface area (TPSA) is 114 Å². The average Bonchev–Trinajstić information content (AvgIpc) is 3.13. The summed E-state index contributed by atoms with van der Waals surface area (Å²) in [6, 6.07) is 12.7. The van der Waals surface area contributed by atoms with Crippen LogP contribution >= 0.6 is 11.3 Å². The number of aromatic hydroxyl groups is 1. The predicted octanol–water partition coefficient (Wildman–Crippen LogP) is 5.73. The third-order valence-electron chi connectivity index (χ3n) is 7.73. The van der Waals surface area contributed by atoms with E-state index in [0.29, 0.717) is 16.6 Å². The van der Waals surface area contributed by atoms with E-state index in [1.165, 1.54) is 11.0 Å². The largest absolute Gasteiger partial charge is 0.506 e. The van der Waals surface area contributed by atoms with Gasteiger partial charge in [0.2, 0.25) is 5.91 Å². The smallest absolute Gasteiger partial charge is 0.407 e. The number of phenolic OH excluding ortho intramolecular Hbond substituents is 1. The van der Waals surface area contributed by atoms with Gasteiger partial charge in [-0.05, 0) is 49.5 Å². The number of phenols is 1. The standard InChI is InChI=1S/C30H37N3O5S/c1-3-26(35)33(23-13-9-4-5-10-14-23)18-20(2)32(30(37)38)19-22(17-21-11-7-6-8-12-21)24-15-16-25(34)27-28(24)39-29(36)31-27/h3,6-8,11-12,15-16,20,22-23,34H,1,4-5,9-10,13-14,17-19H2,2H3,(H,31,36)(H,37,38). The van der Waals surface area contributed by atoms with Crippen molar-refractivity contribution in [2.45, 2.75) is 69.9 Å². The zero-order valence-corrected chi connectivity index (χ0v) is 23.2. The van der Waals surface area contributed by atoms with Crippen molar-refractivity contribution in [1.29, 1.82) is 0 Å². The van der Waals surface area contributed by atoms with Crippen molar-refractivity contribution in [3.05, 3.63) is 75.9 Å². The molecule has 1 aliphatic rings. The Morgan fingerprint density at radius 2 is 1.79 bits per heavy atom. The quantitative estimate of drug-likeness (QED) is 0.220. The predicted molar refractivity (Wildman–Crippen MR) is 155 cm³/mol. The zero-order chi connectivity index (χ0) is 27.9. The monoisotopic (exact) mass is 551 g/mol. The molecule has 2 atom stereocenters. The Hall–Kier alpha value is -3.59. The van der Waals surface area contributed by atoms with Crippen molar-refractivity contribution in [2.75, 3.05) is 13.1 Å². The molecule has 39 heavy (non-hydrogen) atoms. The molecule has 208 valence electrons. The number of carbonyl (C=O) groups is 2. The second kappa shape index (κ2) is 13.0. The molecule has 4 rings (SSSR count). The van der Waals surface area contributed by atoms with E-state index >= 15 is 0 Å². The Labute approximate surface area is 232 Å². The van der Waals surface area contributed by atoms with Crippen LogP contribution in [0.2, 0.25) is 0 Å². The maximum atomic E-state index is 12.9. The first kappa shape index (κ1) is 28.4. The van der Waals surface area contributed by atoms with Gasteiger partial charge in [-0.2, -0.15) is 0 Å². The fraction of sp³-hybridized carbons (Fsp3) is 0.433. The van der Waals surface area contributed by atoms with Gasteiger partial charge in [0.1, 0.15) is 11.3 Å². The fourth-order valence-corrected chi connectivity index (χ4v) is 6.65. The van der Waals surface area contributed by atoms with Crippen LogP contribution in [0.25, 0.3) is 10.2 Å². The molecule has 0 bridgehead atoms. The summed E-state index contributed by atoms with van der Waals surface area (Å²) in [6.07, 6.45) is 7.03. The van der Waals surface area contributed by atoms with Gasteiger partial charge in [0.15, 0.2) is 0 Å². The maximum Gasteiger partial charge on any atom is 0.407 e. The van der Waals surface area contributed by atoms with Crippen molar-refractivity contribution in [1.82, 2.24) is 14.8 Å². The van der Waals surface area contributed by atoms with Crippen LogP contribution in [-0.2, 0) is 11.2 Å². The Morgan fingerprint density at radius 3 is 2.44 bits per heavy atom. The fourth-order valence-electron chi connectivity index (χ4n) is 5.71. The molecule has 1 heterocycles. The van der Waals surface area contributed by atoms with E-state index in [9.17, 15) is 24.6 Å². The lowest BCUT2D eigenvalue weighted by atomic mass is 9.90. The van der Waals surface area contributed by atoms with E-state index in [1.54, 1.807) is 12.1 Å². The number of benzene rings is 2. The summed E-state index contributed by atoms with van der Waals surface area (Å²) in [5.74, 6) is -0.477. The molecule has 1 aromatic heterocycles. The summed E-state index contributed by atoms with van der Waals surface area (Å²) < 4.78 is 0.626. The number of amides is 2. The first-order chi connectivity index (χ1) is 18.8. The molecule has 1 aliphatic carbocycles. The SMILES string of the molecule is C=CC(=O)N(CC(C)N(CC(Cc1ccccc1)c1ccc(O)c2[nH]c(=O)sc12)C(=O)O)C1CCCCCC1. The van der Waals surface area contributed by atoms with Crippen LogP contribution < -0.4 is 4.87 Å². The molecule has 0 saturated heterocycles. The number of H-pyrrole nitrogens is 1. The lowest BCUT2D eigenvalue weighted by molar-refractivity contribution is -0.129. The number of thiazole rings is 1. The van der Waals surface area contributed by atoms with E-state index in [0.717, 1.165) is 61.0 Å². The molecule has 3 N–H and O–H groups in total. The van der Waals surface area contributed by atoms with Crippen molar-refractivity contribution in [3.63, 3.8) is 0 Å². The number of rotatable bonds is 10. The second-order valence-electron chi connectivity index (χ2n) is 10.4. The Bertz CT molecular complexity index is 1340. The number of fused-ring (bicyclic) bond motifs is 1. The molecule has 2 aromatic carbocycles. The molecule has 1 fully saturated rings. The molecule has 2 unspecified atom stereocenters. The summed E-state index contributed by atoms with van der Waals surface area (Å²) in [5, 5.41) is 20.7. The molecule has 9 heteroatoms. The van der Waals surface area contributed by atoms with Crippen molar-refractivity contribution in [3.8, 4) is 5.75 Å². The van der Waals surface area contributed by atoms with Crippen LogP contribution in [0.5, 0.6) is 5.75 Å². The van der Waals surface area contributed by atoms with Crippen LogP contribution in [-0.4, -0.2) is 62.2 Å². The van der Waals surface area contributed by atoms with Crippen LogP contribution in [0.4, 0.5) is 4.79 Å². The number of carboxylic acid groups (broad SMARTS) is 1. The van der Waals surface area contributed by atoms with Gasteiger partial charge in [0, 0.05) is 31.1 Å². The van der Waals surface area contributed by atoms with Crippen molar-refractivity contribution >= 4 is 33.6 Å². The normalized spacial score (nSPS) is 15.8. The molecule has 0 radical (unpaired) electrons. The van der Waals surface area contributed by atoms with E-state index in [4.69, 9.17) is 0 Å². The number of hydrogen-bond donors (Lipinski definition) is 3. The summed E-state index contributed by atoms with van der Waals surface area (Å²) in [6.45, 7) is 5.98. The van der Waals surface area contributed by atoms with Gasteiger partial charge in [-0.1, -0.05) is 80.0 Å². The Balaban J connectivity index is 1.66. The van der Waals surface area contributed by atoms with E-state index < -0.39 is 12.1 Å². The van der Waals surface area contributed by atoms with Crippen LogP contribution in [0.15, 0.2) is 59.9 Å². The number of carbonyl (C=O) groups excluding carboxylic acids is 1. The van der Waals surface area contributed by atoms with E-state index in [-0.39, 0.29) is 41.6 Å². The maximum absolute atomic E-state index is 12.9. The minimum Gasteiger partial charge on any atom is -0.506 e. The second-order valence-corrected chi connectivity index (χ2v) is 11.4. The highest BCUT2D eigenvalue weighted by Gasteiger charge is 2.31. The molecule has 0 aliphatic heterocycles. The van der Waals surface area contributed by atoms with Gasteiger partial charge in [0.05, 0.1) is 4.70 Å². The molecule has 8 nitrogen and oxygen atoms in total. The summed E-state index contributed by atoms with van der Waals surface area (Å²) >= 11 is 1.01. The number of aromatic nitrogens is 1. The molecule has 3 aromatic rings. The number of hydrogen-bond acceptors (Lipinski definition) is 5. The molecule has 0 spiro atoms. The third-order valence-corrected chi connectivity index (χ3v) is 8.66. The first-order valence-corrected chi connectivity index (χ1v) is 14.4. The molecular weight excluding hydrogens is 514 g/mol. The molecule has 2 amide bonds. The lowest BCUT2D eigenvalue weighted by Crippen LogP contribution is -2.50. The zero-order valence-electron chi connectivity index (χ0n) is 22.3. The van der Waals surface area contributed by atoms with E-state index in [2.05, 4.69) is 11.6 Å². The summed E-state index contributed by atoms with van der Waals surface area (Å²) in [4.78, 5) is 43.4. The Kier molecular flexibility index (Phi) is 9.45. The molecule has 1 saturated carbocycles. The van der Waals surface area contributed by atoms with Gasteiger partial charge in [0.25, 0.3) is 0 Å². The van der Waals surface area contributed by atoms with Gasteiger partial charge >= 0.3 is 11.0 Å². The first-order valence-electron chi connectivity index (χ1n) is 13.6. The lowest BCUT2D eigenvalue weighted by Gasteiger charge is -2.37. The summed E-state index contributed by atoms with van der Waals surface area (Å²) in [7, 11) is 0. The Morgan fingerprint density at radius 1 is 1.10 bits per heavy atom. The van der Waals surface area contributed by atoms with Gasteiger partial charge in [-0.3, -0.25) is 9.59 Å².